The minimum Gasteiger partial charge on any atom is -0.318 e. The number of rotatable bonds is 3. The van der Waals surface area contributed by atoms with E-state index in [1.54, 1.807) is 18.2 Å². The summed E-state index contributed by atoms with van der Waals surface area (Å²) < 4.78 is 0. The first-order valence-corrected chi connectivity index (χ1v) is 7.28. The first-order valence-electron chi connectivity index (χ1n) is 7.28. The van der Waals surface area contributed by atoms with Crippen molar-refractivity contribution in [1.82, 2.24) is 0 Å². The zero-order chi connectivity index (χ0) is 16.1. The molecule has 2 aromatic rings. The van der Waals surface area contributed by atoms with E-state index in [0.717, 1.165) is 17.5 Å². The van der Waals surface area contributed by atoms with Gasteiger partial charge in [0.25, 0.3) is 0 Å². The van der Waals surface area contributed by atoms with E-state index in [-0.39, 0.29) is 0 Å². The molecule has 0 bridgehead atoms. The number of benzene rings is 2. The van der Waals surface area contributed by atoms with E-state index < -0.39 is 11.8 Å². The number of carbonyl (C=O) groups is 2. The molecule has 0 saturated heterocycles. The van der Waals surface area contributed by atoms with Gasteiger partial charge in [0.05, 0.1) is 0 Å². The van der Waals surface area contributed by atoms with E-state index in [2.05, 4.69) is 17.6 Å². The number of aryl methyl sites for hydroxylation is 3. The highest BCUT2D eigenvalue weighted by molar-refractivity contribution is 6.43. The summed E-state index contributed by atoms with van der Waals surface area (Å²) in [6, 6.07) is 13.1. The van der Waals surface area contributed by atoms with Crippen molar-refractivity contribution < 1.29 is 9.59 Å². The highest BCUT2D eigenvalue weighted by Gasteiger charge is 2.14. The number of hydrogen-bond donors (Lipinski definition) is 2. The lowest BCUT2D eigenvalue weighted by Crippen LogP contribution is -2.29. The lowest BCUT2D eigenvalue weighted by atomic mass is 10.1. The topological polar surface area (TPSA) is 58.2 Å². The highest BCUT2D eigenvalue weighted by atomic mass is 16.2. The van der Waals surface area contributed by atoms with Crippen molar-refractivity contribution in [2.75, 3.05) is 10.6 Å². The Kier molecular flexibility index (Phi) is 4.94. The molecular formula is C18H20N2O2. The van der Waals surface area contributed by atoms with Gasteiger partial charge < -0.3 is 10.6 Å². The maximum Gasteiger partial charge on any atom is 0.314 e. The molecule has 0 aromatic heterocycles. The van der Waals surface area contributed by atoms with Gasteiger partial charge in [-0.1, -0.05) is 36.8 Å². The van der Waals surface area contributed by atoms with Gasteiger partial charge in [0, 0.05) is 11.4 Å². The molecule has 0 spiro atoms. The van der Waals surface area contributed by atoms with Crippen LogP contribution >= 0.6 is 0 Å². The van der Waals surface area contributed by atoms with Crippen LogP contribution in [0.1, 0.15) is 23.6 Å². The van der Waals surface area contributed by atoms with E-state index in [1.165, 1.54) is 5.56 Å². The highest BCUT2D eigenvalue weighted by Crippen LogP contribution is 2.16. The molecule has 0 heterocycles. The molecule has 114 valence electrons. The second-order valence-electron chi connectivity index (χ2n) is 5.28. The Labute approximate surface area is 130 Å². The maximum atomic E-state index is 12.0. The molecule has 0 radical (unpaired) electrons. The average Bonchev–Trinajstić information content (AvgIpc) is 2.50. The number of nitrogens with one attached hydrogen (secondary N) is 2. The van der Waals surface area contributed by atoms with Crippen LogP contribution in [0.15, 0.2) is 42.5 Å². The summed E-state index contributed by atoms with van der Waals surface area (Å²) in [4.78, 5) is 23.9. The van der Waals surface area contributed by atoms with Crippen LogP contribution in [-0.2, 0) is 16.0 Å². The summed E-state index contributed by atoms with van der Waals surface area (Å²) in [5, 5.41) is 5.22. The van der Waals surface area contributed by atoms with Crippen LogP contribution < -0.4 is 10.6 Å². The van der Waals surface area contributed by atoms with Crippen LogP contribution in [0.25, 0.3) is 0 Å². The molecule has 0 aliphatic carbocycles. The predicted molar refractivity (Wildman–Crippen MR) is 89.0 cm³/mol. The molecule has 4 heteroatoms. The smallest absolute Gasteiger partial charge is 0.314 e. The van der Waals surface area contributed by atoms with Gasteiger partial charge in [0.15, 0.2) is 0 Å². The molecule has 0 saturated carbocycles. The van der Waals surface area contributed by atoms with Gasteiger partial charge in [-0.05, 0) is 49.6 Å². The van der Waals surface area contributed by atoms with Crippen molar-refractivity contribution in [2.45, 2.75) is 27.2 Å². The number of hydrogen-bond acceptors (Lipinski definition) is 2. The Morgan fingerprint density at radius 3 is 2.14 bits per heavy atom. The number of carbonyl (C=O) groups excluding carboxylic acids is 2. The lowest BCUT2D eigenvalue weighted by Gasteiger charge is -2.09. The fourth-order valence-corrected chi connectivity index (χ4v) is 2.14. The van der Waals surface area contributed by atoms with E-state index in [4.69, 9.17) is 0 Å². The third kappa shape index (κ3) is 3.95. The summed E-state index contributed by atoms with van der Waals surface area (Å²) in [7, 11) is 0. The standard InChI is InChI=1S/C18H20N2O2/c1-4-14-6-8-15(9-7-14)19-17(21)18(22)20-16-10-5-12(2)11-13(16)3/h5-11H,4H2,1-3H3,(H,19,21)(H,20,22). The third-order valence-electron chi connectivity index (χ3n) is 3.46. The van der Waals surface area contributed by atoms with E-state index in [1.807, 2.05) is 38.1 Å². The molecule has 0 atom stereocenters. The van der Waals surface area contributed by atoms with Gasteiger partial charge in [0.2, 0.25) is 0 Å². The van der Waals surface area contributed by atoms with E-state index >= 15 is 0 Å². The van der Waals surface area contributed by atoms with Crippen LogP contribution in [0, 0.1) is 13.8 Å². The van der Waals surface area contributed by atoms with Crippen LogP contribution in [-0.4, -0.2) is 11.8 Å². The molecule has 0 aliphatic rings. The summed E-state index contributed by atoms with van der Waals surface area (Å²) in [6.45, 7) is 5.93. The van der Waals surface area contributed by atoms with Gasteiger partial charge in [-0.2, -0.15) is 0 Å². The number of amides is 2. The lowest BCUT2D eigenvalue weighted by molar-refractivity contribution is -0.133. The second-order valence-corrected chi connectivity index (χ2v) is 5.28. The van der Waals surface area contributed by atoms with E-state index in [0.29, 0.717) is 11.4 Å². The largest absolute Gasteiger partial charge is 0.318 e. The summed E-state index contributed by atoms with van der Waals surface area (Å²) in [5.41, 5.74) is 4.47. The van der Waals surface area contributed by atoms with E-state index in [9.17, 15) is 9.59 Å². The normalized spacial score (nSPS) is 10.1. The van der Waals surface area contributed by atoms with Gasteiger partial charge >= 0.3 is 11.8 Å². The van der Waals surface area contributed by atoms with Gasteiger partial charge in [0.1, 0.15) is 0 Å². The van der Waals surface area contributed by atoms with Crippen molar-refractivity contribution >= 4 is 23.2 Å². The SMILES string of the molecule is CCc1ccc(NC(=O)C(=O)Nc2ccc(C)cc2C)cc1. The van der Waals surface area contributed by atoms with Crippen molar-refractivity contribution in [3.8, 4) is 0 Å². The summed E-state index contributed by atoms with van der Waals surface area (Å²) in [6.07, 6.45) is 0.932. The molecule has 0 aliphatic heterocycles. The monoisotopic (exact) mass is 296 g/mol. The van der Waals surface area contributed by atoms with Crippen molar-refractivity contribution in [3.05, 3.63) is 59.2 Å². The van der Waals surface area contributed by atoms with Crippen molar-refractivity contribution in [1.29, 1.82) is 0 Å². The van der Waals surface area contributed by atoms with Gasteiger partial charge in [-0.15, -0.1) is 0 Å². The Bertz CT molecular complexity index is 691. The Balaban J connectivity index is 2.01. The molecule has 22 heavy (non-hydrogen) atoms. The first kappa shape index (κ1) is 15.8. The average molecular weight is 296 g/mol. The maximum absolute atomic E-state index is 12.0. The molecule has 0 unspecified atom stereocenters. The van der Waals surface area contributed by atoms with Crippen LogP contribution in [0.4, 0.5) is 11.4 Å². The quantitative estimate of drug-likeness (QED) is 0.852. The zero-order valence-electron chi connectivity index (χ0n) is 13.1. The van der Waals surface area contributed by atoms with Crippen LogP contribution in [0.5, 0.6) is 0 Å². The van der Waals surface area contributed by atoms with Crippen LogP contribution in [0.2, 0.25) is 0 Å². The van der Waals surface area contributed by atoms with Crippen molar-refractivity contribution in [3.63, 3.8) is 0 Å². The summed E-state index contributed by atoms with van der Waals surface area (Å²) >= 11 is 0. The molecule has 2 N–H and O–H groups in total. The van der Waals surface area contributed by atoms with Crippen molar-refractivity contribution in [2.24, 2.45) is 0 Å². The second kappa shape index (κ2) is 6.89. The van der Waals surface area contributed by atoms with Gasteiger partial charge in [-0.25, -0.2) is 0 Å². The fraction of sp³-hybridized carbons (Fsp3) is 0.222. The van der Waals surface area contributed by atoms with Gasteiger partial charge in [-0.3, -0.25) is 9.59 Å². The van der Waals surface area contributed by atoms with Crippen LogP contribution in [0.3, 0.4) is 0 Å². The summed E-state index contributed by atoms with van der Waals surface area (Å²) in [5.74, 6) is -1.35. The minimum atomic E-state index is -0.677. The molecule has 4 nitrogen and oxygen atoms in total. The Morgan fingerprint density at radius 2 is 1.55 bits per heavy atom. The first-order chi connectivity index (χ1) is 10.5. The molecule has 2 amide bonds. The Hall–Kier alpha value is -2.62. The zero-order valence-corrected chi connectivity index (χ0v) is 13.1. The number of anilines is 2. The predicted octanol–water partition coefficient (Wildman–Crippen LogP) is 3.44. The third-order valence-corrected chi connectivity index (χ3v) is 3.46. The fourth-order valence-electron chi connectivity index (χ4n) is 2.14. The molecule has 0 fully saturated rings. The molecule has 2 rings (SSSR count). The molecular weight excluding hydrogens is 276 g/mol. The Morgan fingerprint density at radius 1 is 0.909 bits per heavy atom. The minimum absolute atomic E-state index is 0.609. The molecule has 2 aromatic carbocycles.